The van der Waals surface area contributed by atoms with Gasteiger partial charge in [0, 0.05) is 18.9 Å². The molecule has 2 heteroatoms. The van der Waals surface area contributed by atoms with E-state index in [1.807, 2.05) is 0 Å². The second-order valence-electron chi connectivity index (χ2n) is 3.31. The topological polar surface area (TPSA) is 29.1 Å². The van der Waals surface area contributed by atoms with Gasteiger partial charge < -0.3 is 5.32 Å². The lowest BCUT2D eigenvalue weighted by atomic mass is 10.1. The van der Waals surface area contributed by atoms with Gasteiger partial charge in [-0.25, -0.2) is 0 Å². The lowest BCUT2D eigenvalue weighted by Gasteiger charge is -2.10. The Kier molecular flexibility index (Phi) is 7.06. The molecule has 2 nitrogen and oxygen atoms in total. The van der Waals surface area contributed by atoms with Gasteiger partial charge >= 0.3 is 0 Å². The highest BCUT2D eigenvalue weighted by Gasteiger charge is 2.06. The molecule has 1 atom stereocenters. The van der Waals surface area contributed by atoms with Crippen molar-refractivity contribution in [3.63, 3.8) is 0 Å². The maximum Gasteiger partial charge on any atom is 0.134 e. The van der Waals surface area contributed by atoms with E-state index in [2.05, 4.69) is 26.1 Å². The highest BCUT2D eigenvalue weighted by molar-refractivity contribution is 5.78. The van der Waals surface area contributed by atoms with E-state index < -0.39 is 0 Å². The third-order valence-electron chi connectivity index (χ3n) is 1.90. The molecule has 0 aliphatic carbocycles. The van der Waals surface area contributed by atoms with Crippen molar-refractivity contribution in [3.8, 4) is 0 Å². The number of ketones is 1. The van der Waals surface area contributed by atoms with Crippen LogP contribution in [0.15, 0.2) is 0 Å². The highest BCUT2D eigenvalue weighted by Crippen LogP contribution is 2.01. The Bertz CT molecular complexity index is 123. The largest absolute Gasteiger partial charge is 0.314 e. The van der Waals surface area contributed by atoms with E-state index in [0.717, 1.165) is 25.8 Å². The molecular weight excluding hydrogens is 150 g/mol. The molecule has 0 fully saturated rings. The molecule has 0 radical (unpaired) electrons. The van der Waals surface area contributed by atoms with Gasteiger partial charge in [-0.15, -0.1) is 0 Å². The molecule has 0 aromatic carbocycles. The smallest absolute Gasteiger partial charge is 0.134 e. The van der Waals surface area contributed by atoms with Crippen LogP contribution < -0.4 is 5.32 Å². The normalized spacial score (nSPS) is 12.9. The molecule has 0 rings (SSSR count). The lowest BCUT2D eigenvalue weighted by molar-refractivity contribution is -0.119. The zero-order valence-electron chi connectivity index (χ0n) is 8.52. The van der Waals surface area contributed by atoms with Gasteiger partial charge in [0.25, 0.3) is 0 Å². The Balaban J connectivity index is 3.40. The molecule has 0 spiro atoms. The summed E-state index contributed by atoms with van der Waals surface area (Å²) in [5, 5.41) is 3.23. The average molecular weight is 171 g/mol. The van der Waals surface area contributed by atoms with Crippen LogP contribution in [0.4, 0.5) is 0 Å². The summed E-state index contributed by atoms with van der Waals surface area (Å²) in [7, 11) is 0. The SMILES string of the molecule is CCCCC(=O)CC(C)NCC. The fraction of sp³-hybridized carbons (Fsp3) is 0.900. The first-order chi connectivity index (χ1) is 5.70. The van der Waals surface area contributed by atoms with Gasteiger partial charge in [-0.2, -0.15) is 0 Å². The van der Waals surface area contributed by atoms with Gasteiger partial charge in [0.1, 0.15) is 5.78 Å². The third-order valence-corrected chi connectivity index (χ3v) is 1.90. The molecular formula is C10H21NO. The number of hydrogen-bond acceptors (Lipinski definition) is 2. The minimum atomic E-state index is 0.347. The first-order valence-electron chi connectivity index (χ1n) is 4.95. The molecule has 0 amide bonds. The Morgan fingerprint density at radius 1 is 1.42 bits per heavy atom. The van der Waals surface area contributed by atoms with E-state index in [4.69, 9.17) is 0 Å². The Morgan fingerprint density at radius 3 is 2.58 bits per heavy atom. The van der Waals surface area contributed by atoms with Crippen molar-refractivity contribution in [2.24, 2.45) is 0 Å². The average Bonchev–Trinajstić information content (AvgIpc) is 2.01. The van der Waals surface area contributed by atoms with Crippen LogP contribution in [0.5, 0.6) is 0 Å². The Hall–Kier alpha value is -0.370. The van der Waals surface area contributed by atoms with Crippen LogP contribution in [-0.2, 0) is 4.79 Å². The fourth-order valence-corrected chi connectivity index (χ4v) is 1.24. The summed E-state index contributed by atoms with van der Waals surface area (Å²) in [4.78, 5) is 11.2. The van der Waals surface area contributed by atoms with Crippen molar-refractivity contribution >= 4 is 5.78 Å². The number of hydrogen-bond donors (Lipinski definition) is 1. The molecule has 0 aromatic rings. The molecule has 1 N–H and O–H groups in total. The van der Waals surface area contributed by atoms with Crippen molar-refractivity contribution in [3.05, 3.63) is 0 Å². The van der Waals surface area contributed by atoms with Crippen molar-refractivity contribution in [2.75, 3.05) is 6.54 Å². The van der Waals surface area contributed by atoms with E-state index in [0.29, 0.717) is 18.2 Å². The summed E-state index contributed by atoms with van der Waals surface area (Å²) >= 11 is 0. The van der Waals surface area contributed by atoms with Crippen molar-refractivity contribution < 1.29 is 4.79 Å². The molecule has 12 heavy (non-hydrogen) atoms. The maximum atomic E-state index is 11.2. The van der Waals surface area contributed by atoms with Gasteiger partial charge in [-0.3, -0.25) is 4.79 Å². The molecule has 0 bridgehead atoms. The van der Waals surface area contributed by atoms with E-state index in [1.165, 1.54) is 0 Å². The predicted molar refractivity (Wildman–Crippen MR) is 52.3 cm³/mol. The first-order valence-corrected chi connectivity index (χ1v) is 4.95. The minimum absolute atomic E-state index is 0.347. The van der Waals surface area contributed by atoms with Gasteiger partial charge in [0.15, 0.2) is 0 Å². The lowest BCUT2D eigenvalue weighted by Crippen LogP contribution is -2.28. The van der Waals surface area contributed by atoms with E-state index >= 15 is 0 Å². The maximum absolute atomic E-state index is 11.2. The van der Waals surface area contributed by atoms with Crippen LogP contribution in [0, 0.1) is 0 Å². The Labute approximate surface area is 75.7 Å². The molecule has 0 saturated carbocycles. The van der Waals surface area contributed by atoms with Crippen molar-refractivity contribution in [2.45, 2.75) is 52.5 Å². The zero-order valence-corrected chi connectivity index (χ0v) is 8.52. The second kappa shape index (κ2) is 7.29. The molecule has 0 heterocycles. The van der Waals surface area contributed by atoms with Crippen molar-refractivity contribution in [1.29, 1.82) is 0 Å². The Morgan fingerprint density at radius 2 is 2.08 bits per heavy atom. The summed E-state index contributed by atoms with van der Waals surface area (Å²) < 4.78 is 0. The molecule has 0 aromatic heterocycles. The first kappa shape index (κ1) is 11.6. The fourth-order valence-electron chi connectivity index (χ4n) is 1.24. The van der Waals surface area contributed by atoms with Crippen LogP contribution in [0.3, 0.4) is 0 Å². The van der Waals surface area contributed by atoms with Crippen LogP contribution in [0.2, 0.25) is 0 Å². The number of carbonyl (C=O) groups excluding carboxylic acids is 1. The number of unbranched alkanes of at least 4 members (excludes halogenated alkanes) is 1. The second-order valence-corrected chi connectivity index (χ2v) is 3.31. The zero-order chi connectivity index (χ0) is 9.40. The summed E-state index contributed by atoms with van der Waals surface area (Å²) in [6.07, 6.45) is 3.60. The minimum Gasteiger partial charge on any atom is -0.314 e. The van der Waals surface area contributed by atoms with Gasteiger partial charge in [-0.1, -0.05) is 20.3 Å². The summed E-state index contributed by atoms with van der Waals surface area (Å²) in [5.74, 6) is 0.394. The standard InChI is InChI=1S/C10H21NO/c1-4-6-7-10(12)8-9(3)11-5-2/h9,11H,4-8H2,1-3H3. The number of Topliss-reactive ketones (excluding diaryl/α,β-unsaturated/α-hetero) is 1. The van der Waals surface area contributed by atoms with E-state index in [-0.39, 0.29) is 0 Å². The van der Waals surface area contributed by atoms with Crippen LogP contribution in [0.1, 0.15) is 46.5 Å². The number of carbonyl (C=O) groups is 1. The summed E-state index contributed by atoms with van der Waals surface area (Å²) in [5.41, 5.74) is 0. The van der Waals surface area contributed by atoms with Gasteiger partial charge in [0.2, 0.25) is 0 Å². The molecule has 0 aliphatic rings. The third kappa shape index (κ3) is 6.35. The quantitative estimate of drug-likeness (QED) is 0.636. The number of nitrogens with one attached hydrogen (secondary N) is 1. The van der Waals surface area contributed by atoms with E-state index in [9.17, 15) is 4.79 Å². The summed E-state index contributed by atoms with van der Waals surface area (Å²) in [6, 6.07) is 0.347. The van der Waals surface area contributed by atoms with Crippen LogP contribution >= 0.6 is 0 Å². The van der Waals surface area contributed by atoms with Crippen molar-refractivity contribution in [1.82, 2.24) is 5.32 Å². The van der Waals surface area contributed by atoms with Gasteiger partial charge in [0.05, 0.1) is 0 Å². The van der Waals surface area contributed by atoms with Crippen LogP contribution in [0.25, 0.3) is 0 Å². The highest BCUT2D eigenvalue weighted by atomic mass is 16.1. The van der Waals surface area contributed by atoms with Crippen LogP contribution in [-0.4, -0.2) is 18.4 Å². The van der Waals surface area contributed by atoms with Gasteiger partial charge in [-0.05, 0) is 19.9 Å². The predicted octanol–water partition coefficient (Wildman–Crippen LogP) is 2.13. The molecule has 72 valence electrons. The molecule has 1 unspecified atom stereocenters. The number of rotatable bonds is 7. The van der Waals surface area contributed by atoms with E-state index in [1.54, 1.807) is 0 Å². The molecule has 0 aliphatic heterocycles. The molecule has 0 saturated heterocycles. The summed E-state index contributed by atoms with van der Waals surface area (Å²) in [6.45, 7) is 7.18. The monoisotopic (exact) mass is 171 g/mol.